The number of sulfonamides is 1. The van der Waals surface area contributed by atoms with Crippen molar-refractivity contribution in [1.29, 1.82) is 0 Å². The molecule has 1 fully saturated rings. The lowest BCUT2D eigenvalue weighted by Crippen LogP contribution is -2.49. The van der Waals surface area contributed by atoms with Crippen molar-refractivity contribution in [3.05, 3.63) is 33.3 Å². The second-order valence-corrected chi connectivity index (χ2v) is 7.34. The van der Waals surface area contributed by atoms with E-state index in [1.807, 2.05) is 4.90 Å². The highest BCUT2D eigenvalue weighted by Gasteiger charge is 2.26. The molecule has 0 unspecified atom stereocenters. The standard InChI is InChI=1S/C12H16ClN3O4S/c1-2-21(19,20)15-7-5-14(6-8-15)12-4-3-10(16(17)18)9-11(12)13/h3-4,9H,2,5-8H2,1H3. The number of nitro benzene ring substituents is 1. The summed E-state index contributed by atoms with van der Waals surface area (Å²) in [6.07, 6.45) is 0. The summed E-state index contributed by atoms with van der Waals surface area (Å²) in [4.78, 5) is 12.1. The molecule has 1 aliphatic heterocycles. The molecule has 0 bridgehead atoms. The molecule has 1 aromatic rings. The average Bonchev–Trinajstić information content (AvgIpc) is 2.47. The Balaban J connectivity index is 2.11. The van der Waals surface area contributed by atoms with Crippen LogP contribution in [0.2, 0.25) is 5.02 Å². The van der Waals surface area contributed by atoms with Crippen LogP contribution in [0.5, 0.6) is 0 Å². The van der Waals surface area contributed by atoms with E-state index in [2.05, 4.69) is 0 Å². The third-order valence-electron chi connectivity index (χ3n) is 3.48. The zero-order chi connectivity index (χ0) is 15.6. The maximum absolute atomic E-state index is 11.8. The van der Waals surface area contributed by atoms with Gasteiger partial charge in [-0.05, 0) is 13.0 Å². The number of nitro groups is 1. The van der Waals surface area contributed by atoms with Crippen LogP contribution < -0.4 is 4.90 Å². The van der Waals surface area contributed by atoms with Crippen molar-refractivity contribution in [3.8, 4) is 0 Å². The summed E-state index contributed by atoms with van der Waals surface area (Å²) in [5, 5.41) is 11.0. The number of halogens is 1. The van der Waals surface area contributed by atoms with E-state index in [9.17, 15) is 18.5 Å². The van der Waals surface area contributed by atoms with Gasteiger partial charge in [0.05, 0.1) is 21.4 Å². The third-order valence-corrected chi connectivity index (χ3v) is 5.66. The van der Waals surface area contributed by atoms with Crippen molar-refractivity contribution in [2.45, 2.75) is 6.92 Å². The highest BCUT2D eigenvalue weighted by atomic mass is 35.5. The van der Waals surface area contributed by atoms with Gasteiger partial charge in [0.1, 0.15) is 0 Å². The quantitative estimate of drug-likeness (QED) is 0.618. The summed E-state index contributed by atoms with van der Waals surface area (Å²) >= 11 is 6.08. The first-order valence-electron chi connectivity index (χ1n) is 6.52. The third kappa shape index (κ3) is 3.45. The molecule has 0 aliphatic carbocycles. The minimum Gasteiger partial charge on any atom is -0.368 e. The van der Waals surface area contributed by atoms with Crippen LogP contribution in [0.25, 0.3) is 0 Å². The van der Waals surface area contributed by atoms with Crippen LogP contribution in [-0.2, 0) is 10.0 Å². The van der Waals surface area contributed by atoms with Crippen molar-refractivity contribution in [1.82, 2.24) is 4.31 Å². The van der Waals surface area contributed by atoms with Gasteiger partial charge in [-0.3, -0.25) is 10.1 Å². The number of rotatable bonds is 4. The SMILES string of the molecule is CCS(=O)(=O)N1CCN(c2ccc([N+](=O)[O-])cc2Cl)CC1. The van der Waals surface area contributed by atoms with Gasteiger partial charge < -0.3 is 4.90 Å². The lowest BCUT2D eigenvalue weighted by Gasteiger charge is -2.35. The Morgan fingerprint density at radius 1 is 1.29 bits per heavy atom. The van der Waals surface area contributed by atoms with E-state index >= 15 is 0 Å². The fourth-order valence-electron chi connectivity index (χ4n) is 2.26. The van der Waals surface area contributed by atoms with E-state index in [-0.39, 0.29) is 11.4 Å². The first-order valence-corrected chi connectivity index (χ1v) is 8.50. The highest BCUT2D eigenvalue weighted by molar-refractivity contribution is 7.89. The van der Waals surface area contributed by atoms with E-state index in [1.165, 1.54) is 16.4 Å². The maximum atomic E-state index is 11.8. The monoisotopic (exact) mass is 333 g/mol. The molecule has 0 atom stereocenters. The molecule has 1 heterocycles. The van der Waals surface area contributed by atoms with Gasteiger partial charge in [-0.2, -0.15) is 4.31 Å². The molecule has 0 radical (unpaired) electrons. The zero-order valence-corrected chi connectivity index (χ0v) is 13.1. The summed E-state index contributed by atoms with van der Waals surface area (Å²) < 4.78 is 25.0. The van der Waals surface area contributed by atoms with Crippen molar-refractivity contribution in [2.75, 3.05) is 36.8 Å². The van der Waals surface area contributed by atoms with Gasteiger partial charge in [0.2, 0.25) is 10.0 Å². The molecule has 0 amide bonds. The predicted molar refractivity (Wildman–Crippen MR) is 81.4 cm³/mol. The topological polar surface area (TPSA) is 83.8 Å². The number of hydrogen-bond donors (Lipinski definition) is 0. The van der Waals surface area contributed by atoms with Crippen LogP contribution in [0, 0.1) is 10.1 Å². The molecule has 9 heteroatoms. The van der Waals surface area contributed by atoms with E-state index < -0.39 is 14.9 Å². The largest absolute Gasteiger partial charge is 0.368 e. The molecular weight excluding hydrogens is 318 g/mol. The van der Waals surface area contributed by atoms with E-state index in [0.717, 1.165) is 0 Å². The fraction of sp³-hybridized carbons (Fsp3) is 0.500. The molecular formula is C12H16ClN3O4S. The molecule has 1 saturated heterocycles. The van der Waals surface area contributed by atoms with Crippen LogP contribution in [0.3, 0.4) is 0 Å². The maximum Gasteiger partial charge on any atom is 0.271 e. The molecule has 0 N–H and O–H groups in total. The summed E-state index contributed by atoms with van der Waals surface area (Å²) in [5.41, 5.74) is 0.631. The second-order valence-electron chi connectivity index (χ2n) is 4.68. The average molecular weight is 334 g/mol. The molecule has 0 spiro atoms. The molecule has 116 valence electrons. The van der Waals surface area contributed by atoms with Crippen LogP contribution in [0.1, 0.15) is 6.92 Å². The Hall–Kier alpha value is -1.38. The smallest absolute Gasteiger partial charge is 0.271 e. The van der Waals surface area contributed by atoms with Gasteiger partial charge in [-0.1, -0.05) is 11.6 Å². The minimum absolute atomic E-state index is 0.0593. The number of hydrogen-bond acceptors (Lipinski definition) is 5. The predicted octanol–water partition coefficient (Wildman–Crippen LogP) is 1.72. The molecule has 21 heavy (non-hydrogen) atoms. The normalized spacial score (nSPS) is 17.0. The summed E-state index contributed by atoms with van der Waals surface area (Å²) in [7, 11) is -3.17. The number of piperazine rings is 1. The lowest BCUT2D eigenvalue weighted by atomic mass is 10.2. The highest BCUT2D eigenvalue weighted by Crippen LogP contribution is 2.30. The van der Waals surface area contributed by atoms with Crippen LogP contribution in [0.15, 0.2) is 18.2 Å². The molecule has 1 aliphatic rings. The summed E-state index contributed by atoms with van der Waals surface area (Å²) in [6.45, 7) is 3.43. The Morgan fingerprint density at radius 3 is 2.38 bits per heavy atom. The van der Waals surface area contributed by atoms with Gasteiger partial charge in [0.25, 0.3) is 5.69 Å². The van der Waals surface area contributed by atoms with Gasteiger partial charge in [0, 0.05) is 38.3 Å². The Morgan fingerprint density at radius 2 is 1.90 bits per heavy atom. The van der Waals surface area contributed by atoms with Crippen molar-refractivity contribution >= 4 is 33.0 Å². The van der Waals surface area contributed by atoms with Gasteiger partial charge in [0.15, 0.2) is 0 Å². The number of benzene rings is 1. The van der Waals surface area contributed by atoms with Gasteiger partial charge >= 0.3 is 0 Å². The molecule has 1 aromatic carbocycles. The summed E-state index contributed by atoms with van der Waals surface area (Å²) in [5.74, 6) is 0.0886. The lowest BCUT2D eigenvalue weighted by molar-refractivity contribution is -0.384. The summed E-state index contributed by atoms with van der Waals surface area (Å²) in [6, 6.07) is 4.31. The zero-order valence-electron chi connectivity index (χ0n) is 11.5. The molecule has 0 aromatic heterocycles. The number of non-ortho nitro benzene ring substituents is 1. The van der Waals surface area contributed by atoms with Crippen LogP contribution >= 0.6 is 11.6 Å². The van der Waals surface area contributed by atoms with E-state index in [1.54, 1.807) is 13.0 Å². The minimum atomic E-state index is -3.17. The van der Waals surface area contributed by atoms with Crippen LogP contribution in [0.4, 0.5) is 11.4 Å². The Labute approximate surface area is 128 Å². The second kappa shape index (κ2) is 6.17. The molecule has 0 saturated carbocycles. The number of nitrogens with zero attached hydrogens (tertiary/aromatic N) is 3. The Kier molecular flexibility index (Phi) is 4.70. The van der Waals surface area contributed by atoms with Crippen molar-refractivity contribution in [2.24, 2.45) is 0 Å². The number of anilines is 1. The first-order chi connectivity index (χ1) is 9.85. The van der Waals surface area contributed by atoms with Gasteiger partial charge in [-0.25, -0.2) is 8.42 Å². The molecule has 7 nitrogen and oxygen atoms in total. The van der Waals surface area contributed by atoms with Crippen molar-refractivity contribution in [3.63, 3.8) is 0 Å². The van der Waals surface area contributed by atoms with Gasteiger partial charge in [-0.15, -0.1) is 0 Å². The van der Waals surface area contributed by atoms with E-state index in [4.69, 9.17) is 11.6 Å². The fourth-order valence-corrected chi connectivity index (χ4v) is 3.63. The Bertz CT molecular complexity index is 642. The first kappa shape index (κ1) is 16.0. The van der Waals surface area contributed by atoms with Crippen LogP contribution in [-0.4, -0.2) is 49.6 Å². The van der Waals surface area contributed by atoms with Crippen molar-refractivity contribution < 1.29 is 13.3 Å². The molecule has 2 rings (SSSR count). The van der Waals surface area contributed by atoms with E-state index in [0.29, 0.717) is 36.9 Å².